The van der Waals surface area contributed by atoms with Crippen LogP contribution in [-0.2, 0) is 11.3 Å². The van der Waals surface area contributed by atoms with E-state index in [1.54, 1.807) is 0 Å². The molecular formula is C16H28N4O. The summed E-state index contributed by atoms with van der Waals surface area (Å²) in [5.74, 6) is 1.82. The Labute approximate surface area is 128 Å². The molecule has 1 aliphatic rings. The number of aryl methyl sites for hydroxylation is 1. The van der Waals surface area contributed by atoms with Crippen LogP contribution in [-0.4, -0.2) is 46.2 Å². The molecule has 1 aliphatic heterocycles. The van der Waals surface area contributed by atoms with Crippen molar-refractivity contribution in [1.82, 2.24) is 14.9 Å². The van der Waals surface area contributed by atoms with Gasteiger partial charge in [-0.25, -0.2) is 9.97 Å². The van der Waals surface area contributed by atoms with Gasteiger partial charge in [0.25, 0.3) is 0 Å². The fourth-order valence-electron chi connectivity index (χ4n) is 2.95. The molecule has 0 radical (unpaired) electrons. The largest absolute Gasteiger partial charge is 0.370 e. The van der Waals surface area contributed by atoms with Crippen molar-refractivity contribution in [3.63, 3.8) is 0 Å². The molecule has 2 rings (SSSR count). The molecule has 0 spiro atoms. The molecule has 118 valence electrons. The van der Waals surface area contributed by atoms with Crippen molar-refractivity contribution in [3.05, 3.63) is 17.6 Å². The van der Waals surface area contributed by atoms with Crippen molar-refractivity contribution in [2.75, 3.05) is 25.0 Å². The number of hydrogen-bond acceptors (Lipinski definition) is 5. The van der Waals surface area contributed by atoms with Gasteiger partial charge in [-0.15, -0.1) is 0 Å². The van der Waals surface area contributed by atoms with E-state index in [0.29, 0.717) is 0 Å². The summed E-state index contributed by atoms with van der Waals surface area (Å²) < 4.78 is 5.95. The summed E-state index contributed by atoms with van der Waals surface area (Å²) in [6.07, 6.45) is 1.34. The van der Waals surface area contributed by atoms with Crippen LogP contribution in [0.2, 0.25) is 0 Å². The van der Waals surface area contributed by atoms with Crippen LogP contribution >= 0.6 is 0 Å². The quantitative estimate of drug-likeness (QED) is 0.904. The Bertz CT molecular complexity index is 475. The highest BCUT2D eigenvalue weighted by molar-refractivity contribution is 5.35. The van der Waals surface area contributed by atoms with Crippen LogP contribution < -0.4 is 5.32 Å². The maximum atomic E-state index is 5.95. The van der Waals surface area contributed by atoms with Gasteiger partial charge in [0.2, 0.25) is 0 Å². The molecule has 0 bridgehead atoms. The lowest BCUT2D eigenvalue weighted by Gasteiger charge is -2.41. The number of ether oxygens (including phenoxy) is 1. The lowest BCUT2D eigenvalue weighted by atomic mass is 10.1. The fourth-order valence-corrected chi connectivity index (χ4v) is 2.95. The molecule has 1 saturated heterocycles. The Morgan fingerprint density at radius 1 is 1.43 bits per heavy atom. The van der Waals surface area contributed by atoms with Crippen LogP contribution in [0.25, 0.3) is 0 Å². The number of aromatic nitrogens is 2. The van der Waals surface area contributed by atoms with E-state index in [0.717, 1.165) is 49.9 Å². The predicted octanol–water partition coefficient (Wildman–Crippen LogP) is 2.61. The Kier molecular flexibility index (Phi) is 5.17. The standard InChI is InChI=1S/C16H28N4O/c1-6-7-17-14-8-12(2)18-15(19-14)10-20-9-13(3)21-16(4,5)11-20/h8,13H,6-7,9-11H2,1-5H3,(H,17,18,19). The molecular weight excluding hydrogens is 264 g/mol. The summed E-state index contributed by atoms with van der Waals surface area (Å²) >= 11 is 0. The first-order valence-electron chi connectivity index (χ1n) is 7.86. The van der Waals surface area contributed by atoms with Gasteiger partial charge in [-0.2, -0.15) is 0 Å². The van der Waals surface area contributed by atoms with Gasteiger partial charge < -0.3 is 10.1 Å². The van der Waals surface area contributed by atoms with Gasteiger partial charge in [-0.05, 0) is 34.1 Å². The SMILES string of the molecule is CCCNc1cc(C)nc(CN2CC(C)OC(C)(C)C2)n1. The van der Waals surface area contributed by atoms with Crippen LogP contribution in [0.4, 0.5) is 5.82 Å². The van der Waals surface area contributed by atoms with E-state index >= 15 is 0 Å². The van der Waals surface area contributed by atoms with Crippen molar-refractivity contribution < 1.29 is 4.74 Å². The van der Waals surface area contributed by atoms with Crippen LogP contribution in [0.5, 0.6) is 0 Å². The van der Waals surface area contributed by atoms with E-state index < -0.39 is 0 Å². The minimum Gasteiger partial charge on any atom is -0.370 e. The first kappa shape index (κ1) is 16.2. The first-order chi connectivity index (χ1) is 9.88. The molecule has 1 fully saturated rings. The van der Waals surface area contributed by atoms with Crippen molar-refractivity contribution in [2.24, 2.45) is 0 Å². The fraction of sp³-hybridized carbons (Fsp3) is 0.750. The summed E-state index contributed by atoms with van der Waals surface area (Å²) in [7, 11) is 0. The zero-order chi connectivity index (χ0) is 15.5. The number of hydrogen-bond donors (Lipinski definition) is 1. The molecule has 0 saturated carbocycles. The highest BCUT2D eigenvalue weighted by Crippen LogP contribution is 2.22. The number of morpholine rings is 1. The number of nitrogens with zero attached hydrogens (tertiary/aromatic N) is 3. The molecule has 0 aromatic carbocycles. The second kappa shape index (κ2) is 6.71. The van der Waals surface area contributed by atoms with E-state index in [1.165, 1.54) is 0 Å². The van der Waals surface area contributed by atoms with Crippen molar-refractivity contribution in [1.29, 1.82) is 0 Å². The molecule has 1 aromatic rings. The molecule has 5 nitrogen and oxygen atoms in total. The predicted molar refractivity (Wildman–Crippen MR) is 85.5 cm³/mol. The zero-order valence-corrected chi connectivity index (χ0v) is 13.9. The molecule has 2 heterocycles. The molecule has 0 aliphatic carbocycles. The van der Waals surface area contributed by atoms with Crippen molar-refractivity contribution >= 4 is 5.82 Å². The van der Waals surface area contributed by atoms with E-state index in [1.807, 2.05) is 13.0 Å². The summed E-state index contributed by atoms with van der Waals surface area (Å²) in [6, 6.07) is 2.00. The normalized spacial score (nSPS) is 22.2. The van der Waals surface area contributed by atoms with Crippen molar-refractivity contribution in [2.45, 2.75) is 59.3 Å². The molecule has 1 atom stereocenters. The van der Waals surface area contributed by atoms with Crippen LogP contribution in [0.15, 0.2) is 6.07 Å². The molecule has 21 heavy (non-hydrogen) atoms. The molecule has 1 N–H and O–H groups in total. The second-order valence-electron chi connectivity index (χ2n) is 6.60. The van der Waals surface area contributed by atoms with Gasteiger partial charge in [0.05, 0.1) is 18.2 Å². The van der Waals surface area contributed by atoms with Gasteiger partial charge >= 0.3 is 0 Å². The number of anilines is 1. The minimum absolute atomic E-state index is 0.106. The smallest absolute Gasteiger partial charge is 0.144 e. The van der Waals surface area contributed by atoms with Gasteiger partial charge in [0, 0.05) is 31.4 Å². The monoisotopic (exact) mass is 292 g/mol. The summed E-state index contributed by atoms with van der Waals surface area (Å²) in [5, 5.41) is 3.34. The van der Waals surface area contributed by atoms with E-state index in [2.05, 4.69) is 47.9 Å². The van der Waals surface area contributed by atoms with Gasteiger partial charge in [-0.1, -0.05) is 6.92 Å². The van der Waals surface area contributed by atoms with E-state index in [4.69, 9.17) is 4.74 Å². The lowest BCUT2D eigenvalue weighted by molar-refractivity contribution is -0.131. The highest BCUT2D eigenvalue weighted by atomic mass is 16.5. The van der Waals surface area contributed by atoms with Crippen LogP contribution in [0.1, 0.15) is 45.6 Å². The highest BCUT2D eigenvalue weighted by Gasteiger charge is 2.31. The lowest BCUT2D eigenvalue weighted by Crippen LogP contribution is -2.51. The summed E-state index contributed by atoms with van der Waals surface area (Å²) in [5.41, 5.74) is 0.907. The Balaban J connectivity index is 2.06. The van der Waals surface area contributed by atoms with Crippen molar-refractivity contribution in [3.8, 4) is 0 Å². The van der Waals surface area contributed by atoms with E-state index in [9.17, 15) is 0 Å². The average Bonchev–Trinajstić information content (AvgIpc) is 2.33. The molecule has 5 heteroatoms. The van der Waals surface area contributed by atoms with Crippen LogP contribution in [0, 0.1) is 6.92 Å². The maximum absolute atomic E-state index is 5.95. The maximum Gasteiger partial charge on any atom is 0.144 e. The molecule has 1 aromatic heterocycles. The number of rotatable bonds is 5. The molecule has 1 unspecified atom stereocenters. The Morgan fingerprint density at radius 2 is 2.19 bits per heavy atom. The third-order valence-corrected chi connectivity index (χ3v) is 3.46. The van der Waals surface area contributed by atoms with Gasteiger partial charge in [0.1, 0.15) is 11.6 Å². The topological polar surface area (TPSA) is 50.3 Å². The average molecular weight is 292 g/mol. The summed E-state index contributed by atoms with van der Waals surface area (Å²) in [6.45, 7) is 14.1. The minimum atomic E-state index is -0.106. The Morgan fingerprint density at radius 3 is 2.86 bits per heavy atom. The second-order valence-corrected chi connectivity index (χ2v) is 6.60. The van der Waals surface area contributed by atoms with Gasteiger partial charge in [-0.3, -0.25) is 4.90 Å². The van der Waals surface area contributed by atoms with Crippen LogP contribution in [0.3, 0.4) is 0 Å². The first-order valence-corrected chi connectivity index (χ1v) is 7.86. The molecule has 0 amide bonds. The van der Waals surface area contributed by atoms with E-state index in [-0.39, 0.29) is 11.7 Å². The zero-order valence-electron chi connectivity index (χ0n) is 13.9. The van der Waals surface area contributed by atoms with Gasteiger partial charge in [0.15, 0.2) is 0 Å². The Hall–Kier alpha value is -1.20. The number of nitrogens with one attached hydrogen (secondary N) is 1. The summed E-state index contributed by atoms with van der Waals surface area (Å²) in [4.78, 5) is 11.6. The third-order valence-electron chi connectivity index (χ3n) is 3.46. The third kappa shape index (κ3) is 4.93.